The summed E-state index contributed by atoms with van der Waals surface area (Å²) in [4.78, 5) is 12.3. The Labute approximate surface area is 166 Å². The van der Waals surface area contributed by atoms with Crippen molar-refractivity contribution in [2.24, 2.45) is 0 Å². The molecule has 0 saturated carbocycles. The van der Waals surface area contributed by atoms with E-state index in [1.54, 1.807) is 30.3 Å². The van der Waals surface area contributed by atoms with E-state index in [2.05, 4.69) is 6.92 Å². The lowest BCUT2D eigenvalue weighted by Crippen LogP contribution is -2.60. The molecule has 0 aliphatic carbocycles. The van der Waals surface area contributed by atoms with Crippen LogP contribution in [0.5, 0.6) is 0 Å². The molecule has 0 unspecified atom stereocenters. The van der Waals surface area contributed by atoms with E-state index < -0.39 is 43.3 Å². The van der Waals surface area contributed by atoms with Crippen LogP contribution in [-0.4, -0.2) is 65.2 Å². The highest BCUT2D eigenvalue weighted by atomic mass is 16.7. The summed E-state index contributed by atoms with van der Waals surface area (Å²) in [6, 6.07) is 8.31. The van der Waals surface area contributed by atoms with Gasteiger partial charge in [0, 0.05) is 6.61 Å². The first-order chi connectivity index (χ1) is 13.6. The third kappa shape index (κ3) is 6.53. The Morgan fingerprint density at radius 2 is 1.71 bits per heavy atom. The van der Waals surface area contributed by atoms with Gasteiger partial charge in [-0.25, -0.2) is 4.79 Å². The van der Waals surface area contributed by atoms with Gasteiger partial charge in [-0.2, -0.15) is 0 Å². The molecule has 1 aliphatic rings. The van der Waals surface area contributed by atoms with Gasteiger partial charge in [-0.3, -0.25) is 0 Å². The molecule has 1 heterocycles. The number of esters is 1. The van der Waals surface area contributed by atoms with Crippen LogP contribution in [0.15, 0.2) is 30.3 Å². The predicted molar refractivity (Wildman–Crippen MR) is 103 cm³/mol. The van der Waals surface area contributed by atoms with Gasteiger partial charge in [0.05, 0.1) is 12.2 Å². The molecule has 5 atom stereocenters. The zero-order valence-corrected chi connectivity index (χ0v) is 16.4. The minimum atomic E-state index is -1.36. The fraction of sp³-hybridized carbons (Fsp3) is 0.667. The Balaban J connectivity index is 1.89. The minimum Gasteiger partial charge on any atom is -0.453 e. The summed E-state index contributed by atoms with van der Waals surface area (Å²) in [7, 11) is 0. The Hall–Kier alpha value is -1.51. The zero-order valence-electron chi connectivity index (χ0n) is 16.4. The van der Waals surface area contributed by atoms with Crippen molar-refractivity contribution < 1.29 is 34.3 Å². The number of hydrogen-bond donors (Lipinski definition) is 3. The van der Waals surface area contributed by atoms with Crippen LogP contribution in [0.2, 0.25) is 0 Å². The number of aliphatic hydroxyl groups is 3. The number of rotatable bonds is 11. The Kier molecular flexibility index (Phi) is 9.87. The quantitative estimate of drug-likeness (QED) is 0.388. The van der Waals surface area contributed by atoms with Crippen molar-refractivity contribution in [3.8, 4) is 0 Å². The molecule has 0 amide bonds. The second-order valence-electron chi connectivity index (χ2n) is 7.08. The van der Waals surface area contributed by atoms with Gasteiger partial charge in [-0.05, 0) is 18.6 Å². The van der Waals surface area contributed by atoms with E-state index >= 15 is 0 Å². The molecule has 0 radical (unpaired) electrons. The van der Waals surface area contributed by atoms with Gasteiger partial charge in [0.1, 0.15) is 18.3 Å². The number of carbonyl (C=O) groups excluding carboxylic acids is 1. The molecule has 0 bridgehead atoms. The number of unbranched alkanes of at least 4 members (excludes halogenated alkanes) is 5. The molecule has 1 saturated heterocycles. The Morgan fingerprint density at radius 3 is 2.39 bits per heavy atom. The van der Waals surface area contributed by atoms with Crippen LogP contribution in [0.4, 0.5) is 0 Å². The van der Waals surface area contributed by atoms with E-state index in [9.17, 15) is 20.1 Å². The fourth-order valence-electron chi connectivity index (χ4n) is 3.18. The molecule has 1 aromatic rings. The van der Waals surface area contributed by atoms with E-state index in [0.29, 0.717) is 12.2 Å². The van der Waals surface area contributed by atoms with E-state index in [1.165, 1.54) is 19.3 Å². The summed E-state index contributed by atoms with van der Waals surface area (Å²) >= 11 is 0. The van der Waals surface area contributed by atoms with Crippen molar-refractivity contribution in [3.05, 3.63) is 35.9 Å². The minimum absolute atomic E-state index is 0.304. The van der Waals surface area contributed by atoms with Crippen molar-refractivity contribution in [2.75, 3.05) is 13.2 Å². The number of hydrogen-bond acceptors (Lipinski definition) is 7. The van der Waals surface area contributed by atoms with Gasteiger partial charge in [-0.15, -0.1) is 0 Å². The summed E-state index contributed by atoms with van der Waals surface area (Å²) < 4.78 is 16.4. The van der Waals surface area contributed by atoms with Crippen molar-refractivity contribution in [2.45, 2.75) is 76.2 Å². The van der Waals surface area contributed by atoms with Gasteiger partial charge < -0.3 is 29.5 Å². The zero-order chi connectivity index (χ0) is 20.4. The lowest BCUT2D eigenvalue weighted by molar-refractivity contribution is -0.300. The average molecular weight is 396 g/mol. The summed E-state index contributed by atoms with van der Waals surface area (Å²) in [5, 5.41) is 30.3. The summed E-state index contributed by atoms with van der Waals surface area (Å²) in [5.74, 6) is -0.669. The van der Waals surface area contributed by atoms with Crippen LogP contribution in [-0.2, 0) is 14.2 Å². The lowest BCUT2D eigenvalue weighted by atomic mass is 9.99. The number of aliphatic hydroxyl groups excluding tert-OH is 3. The highest BCUT2D eigenvalue weighted by Crippen LogP contribution is 2.25. The maximum atomic E-state index is 12.3. The molecule has 1 aliphatic heterocycles. The van der Waals surface area contributed by atoms with Gasteiger partial charge in [-0.1, -0.05) is 57.2 Å². The van der Waals surface area contributed by atoms with Crippen molar-refractivity contribution >= 4 is 5.97 Å². The van der Waals surface area contributed by atoms with E-state index in [1.807, 2.05) is 0 Å². The van der Waals surface area contributed by atoms with Crippen LogP contribution in [0.1, 0.15) is 55.8 Å². The fourth-order valence-corrected chi connectivity index (χ4v) is 3.18. The van der Waals surface area contributed by atoms with Gasteiger partial charge in [0.25, 0.3) is 0 Å². The van der Waals surface area contributed by atoms with Crippen LogP contribution in [0.3, 0.4) is 0 Å². The smallest absolute Gasteiger partial charge is 0.338 e. The molecule has 3 N–H and O–H groups in total. The lowest BCUT2D eigenvalue weighted by Gasteiger charge is -2.41. The third-order valence-electron chi connectivity index (χ3n) is 4.85. The van der Waals surface area contributed by atoms with Crippen molar-refractivity contribution in [3.63, 3.8) is 0 Å². The average Bonchev–Trinajstić information content (AvgIpc) is 2.72. The van der Waals surface area contributed by atoms with Crippen molar-refractivity contribution in [1.82, 2.24) is 0 Å². The molecule has 0 aromatic heterocycles. The SMILES string of the molecule is CCCCCCCCO[C@H]1O[C@H](CO)[C@@H](O)[C@H](OC(=O)c2ccccc2)[C@H]1O. The van der Waals surface area contributed by atoms with Gasteiger partial charge in [0.15, 0.2) is 12.4 Å². The van der Waals surface area contributed by atoms with E-state index in [-0.39, 0.29) is 0 Å². The van der Waals surface area contributed by atoms with Crippen LogP contribution < -0.4 is 0 Å². The normalized spacial score (nSPS) is 27.5. The van der Waals surface area contributed by atoms with Crippen molar-refractivity contribution in [1.29, 1.82) is 0 Å². The molecule has 1 fully saturated rings. The Morgan fingerprint density at radius 1 is 1.04 bits per heavy atom. The number of ether oxygens (including phenoxy) is 3. The number of carbonyl (C=O) groups is 1. The largest absolute Gasteiger partial charge is 0.453 e. The molecular formula is C21H32O7. The van der Waals surface area contributed by atoms with Crippen LogP contribution >= 0.6 is 0 Å². The second-order valence-corrected chi connectivity index (χ2v) is 7.08. The molecule has 0 spiro atoms. The molecule has 1 aromatic carbocycles. The van der Waals surface area contributed by atoms with E-state index in [0.717, 1.165) is 19.3 Å². The topological polar surface area (TPSA) is 105 Å². The molecular weight excluding hydrogens is 364 g/mol. The molecule has 2 rings (SSSR count). The number of benzene rings is 1. The highest BCUT2D eigenvalue weighted by Gasteiger charge is 2.47. The molecule has 158 valence electrons. The first kappa shape index (κ1) is 22.8. The maximum Gasteiger partial charge on any atom is 0.338 e. The summed E-state index contributed by atoms with van der Waals surface area (Å²) in [6.07, 6.45) is 0.494. The highest BCUT2D eigenvalue weighted by molar-refractivity contribution is 5.89. The van der Waals surface area contributed by atoms with Crippen LogP contribution in [0, 0.1) is 0 Å². The van der Waals surface area contributed by atoms with Gasteiger partial charge >= 0.3 is 5.97 Å². The molecule has 7 heteroatoms. The Bertz CT molecular complexity index is 565. The van der Waals surface area contributed by atoms with Gasteiger partial charge in [0.2, 0.25) is 0 Å². The van der Waals surface area contributed by atoms with Crippen LogP contribution in [0.25, 0.3) is 0 Å². The standard InChI is InChI=1S/C21H32O7/c1-2-3-4-5-6-10-13-26-21-18(24)19(17(23)16(14-22)27-21)28-20(25)15-11-8-7-9-12-15/h7-9,11-12,16-19,21-24H,2-6,10,13-14H2,1H3/t16-,17-,18-,19+,21+/m1/s1. The van der Waals surface area contributed by atoms with E-state index in [4.69, 9.17) is 14.2 Å². The summed E-state index contributed by atoms with van der Waals surface area (Å²) in [6.45, 7) is 2.06. The predicted octanol–water partition coefficient (Wildman–Crippen LogP) is 2.03. The molecule has 28 heavy (non-hydrogen) atoms. The first-order valence-electron chi connectivity index (χ1n) is 10.1. The summed E-state index contributed by atoms with van der Waals surface area (Å²) in [5.41, 5.74) is 0.304. The third-order valence-corrected chi connectivity index (χ3v) is 4.85. The molecule has 7 nitrogen and oxygen atoms in total. The first-order valence-corrected chi connectivity index (χ1v) is 10.1. The second kappa shape index (κ2) is 12.1. The monoisotopic (exact) mass is 396 g/mol. The maximum absolute atomic E-state index is 12.3.